The number of nitrogens with two attached hydrogens (primary N) is 1. The van der Waals surface area contributed by atoms with Gasteiger partial charge in [-0.05, 0) is 51.8 Å². The molecule has 2 fully saturated rings. The fourth-order valence-electron chi connectivity index (χ4n) is 5.55. The number of fused-ring (bicyclic) bond motifs is 2. The largest absolute Gasteiger partial charge is 0.389 e. The predicted molar refractivity (Wildman–Crippen MR) is 121 cm³/mol. The molecular weight excluding hydrogens is 412 g/mol. The summed E-state index contributed by atoms with van der Waals surface area (Å²) in [5.41, 5.74) is 7.76. The molecule has 0 aromatic carbocycles. The fourth-order valence-corrected chi connectivity index (χ4v) is 6.65. The van der Waals surface area contributed by atoms with Gasteiger partial charge >= 0.3 is 6.03 Å². The number of hydrogen-bond acceptors (Lipinski definition) is 7. The summed E-state index contributed by atoms with van der Waals surface area (Å²) in [6, 6.07) is 2.33. The van der Waals surface area contributed by atoms with Crippen molar-refractivity contribution in [1.82, 2.24) is 20.0 Å². The Balaban J connectivity index is 1.42. The molecule has 168 valence electrons. The first-order valence-corrected chi connectivity index (χ1v) is 11.9. The van der Waals surface area contributed by atoms with E-state index < -0.39 is 0 Å². The van der Waals surface area contributed by atoms with Crippen molar-refractivity contribution in [2.75, 3.05) is 52.6 Å². The van der Waals surface area contributed by atoms with Crippen molar-refractivity contribution in [2.45, 2.75) is 32.2 Å². The topological polar surface area (TPSA) is 106 Å². The van der Waals surface area contributed by atoms with E-state index in [9.17, 15) is 14.9 Å². The van der Waals surface area contributed by atoms with Gasteiger partial charge in [-0.2, -0.15) is 5.26 Å². The summed E-state index contributed by atoms with van der Waals surface area (Å²) >= 11 is 1.53. The molecule has 2 saturated heterocycles. The minimum absolute atomic E-state index is 0.0906. The first kappa shape index (κ1) is 22.1. The molecule has 1 aliphatic carbocycles. The first-order valence-electron chi connectivity index (χ1n) is 11.1. The van der Waals surface area contributed by atoms with Crippen LogP contribution in [0.15, 0.2) is 0 Å². The third-order valence-electron chi connectivity index (χ3n) is 7.15. The van der Waals surface area contributed by atoms with Gasteiger partial charge in [0.15, 0.2) is 0 Å². The zero-order valence-corrected chi connectivity index (χ0v) is 19.4. The molecule has 3 aliphatic rings. The Morgan fingerprint density at radius 2 is 2.03 bits per heavy atom. The number of likely N-dealkylation sites (tertiary alicyclic amines) is 2. The van der Waals surface area contributed by atoms with Crippen molar-refractivity contribution in [2.24, 2.45) is 17.8 Å². The maximum Gasteiger partial charge on any atom is 0.324 e. The van der Waals surface area contributed by atoms with Crippen LogP contribution in [0.1, 0.15) is 29.3 Å². The number of piperidine rings is 1. The number of hydrogen-bond donors (Lipinski definition) is 2. The Hall–Kier alpha value is -2.15. The Morgan fingerprint density at radius 1 is 1.29 bits per heavy atom. The highest BCUT2D eigenvalue weighted by molar-refractivity contribution is 7.16. The lowest BCUT2D eigenvalue weighted by molar-refractivity contribution is -0.135. The summed E-state index contributed by atoms with van der Waals surface area (Å²) in [6.45, 7) is 5.45. The standard InChI is InChI=1S/C22H32N6O2S/c1-4-28(22(30)25-9-13-10-26(2)11-13)21(29)15-5-14-6-16-17(8-23)20(24)31-19(16)7-18(14)27(3)12-15/h13-15,18H,4-7,9-12,24H2,1-3H3,(H,25,30)/t14-,15-,18-/m1/s1. The second-order valence-corrected chi connectivity index (χ2v) is 10.5. The number of urea groups is 1. The number of thiophene rings is 1. The van der Waals surface area contributed by atoms with Gasteiger partial charge in [0.1, 0.15) is 11.1 Å². The molecule has 3 N–H and O–H groups in total. The molecular formula is C22H32N6O2S. The van der Waals surface area contributed by atoms with E-state index in [1.807, 2.05) is 6.92 Å². The van der Waals surface area contributed by atoms with Gasteiger partial charge in [-0.1, -0.05) is 0 Å². The molecule has 3 amide bonds. The van der Waals surface area contributed by atoms with Crippen molar-refractivity contribution in [3.05, 3.63) is 16.0 Å². The molecule has 3 heterocycles. The zero-order valence-electron chi connectivity index (χ0n) is 18.6. The SMILES string of the molecule is CCN(C(=O)NCC1CN(C)C1)C(=O)[C@@H]1C[C@@H]2Cc3c(sc(N)c3C#N)C[C@H]2N(C)C1. The molecule has 0 unspecified atom stereocenters. The van der Waals surface area contributed by atoms with Crippen LogP contribution in [0.2, 0.25) is 0 Å². The Bertz CT molecular complexity index is 903. The van der Waals surface area contributed by atoms with E-state index in [4.69, 9.17) is 5.73 Å². The second-order valence-electron chi connectivity index (χ2n) is 9.32. The normalized spacial score (nSPS) is 26.3. The number of anilines is 1. The maximum absolute atomic E-state index is 13.3. The number of likely N-dealkylation sites (N-methyl/N-ethyl adjacent to an activating group) is 1. The van der Waals surface area contributed by atoms with E-state index in [0.717, 1.165) is 37.9 Å². The highest BCUT2D eigenvalue weighted by Gasteiger charge is 2.43. The van der Waals surface area contributed by atoms with Crippen LogP contribution in [0.5, 0.6) is 0 Å². The Kier molecular flexibility index (Phi) is 6.24. The highest BCUT2D eigenvalue weighted by Crippen LogP contribution is 2.42. The lowest BCUT2D eigenvalue weighted by Crippen LogP contribution is -2.56. The fraction of sp³-hybridized carbons (Fsp3) is 0.682. The van der Waals surface area contributed by atoms with E-state index in [0.29, 0.717) is 42.2 Å². The van der Waals surface area contributed by atoms with Crippen LogP contribution in [-0.4, -0.2) is 79.5 Å². The van der Waals surface area contributed by atoms with Crippen molar-refractivity contribution >= 4 is 28.3 Å². The quantitative estimate of drug-likeness (QED) is 0.726. The summed E-state index contributed by atoms with van der Waals surface area (Å²) in [4.78, 5) is 33.1. The molecule has 3 atom stereocenters. The van der Waals surface area contributed by atoms with Gasteiger partial charge < -0.3 is 20.9 Å². The van der Waals surface area contributed by atoms with Crippen LogP contribution >= 0.6 is 11.3 Å². The van der Waals surface area contributed by atoms with Crippen LogP contribution in [-0.2, 0) is 17.6 Å². The van der Waals surface area contributed by atoms with Gasteiger partial charge in [-0.3, -0.25) is 9.69 Å². The third kappa shape index (κ3) is 4.16. The molecule has 1 aromatic heterocycles. The van der Waals surface area contributed by atoms with Crippen LogP contribution < -0.4 is 11.1 Å². The summed E-state index contributed by atoms with van der Waals surface area (Å²) < 4.78 is 0. The molecule has 9 heteroatoms. The van der Waals surface area contributed by atoms with Gasteiger partial charge in [0, 0.05) is 49.6 Å². The minimum atomic E-state index is -0.282. The van der Waals surface area contributed by atoms with Gasteiger partial charge in [0.05, 0.1) is 11.5 Å². The number of nitrogens with zero attached hydrogens (tertiary/aromatic N) is 4. The molecule has 4 rings (SSSR count). The van der Waals surface area contributed by atoms with Gasteiger partial charge in [-0.15, -0.1) is 11.3 Å². The van der Waals surface area contributed by atoms with E-state index in [-0.39, 0.29) is 23.8 Å². The lowest BCUT2D eigenvalue weighted by Gasteiger charge is -2.45. The van der Waals surface area contributed by atoms with E-state index in [2.05, 4.69) is 35.3 Å². The van der Waals surface area contributed by atoms with Gasteiger partial charge in [0.2, 0.25) is 5.91 Å². The van der Waals surface area contributed by atoms with E-state index in [1.165, 1.54) is 21.1 Å². The maximum atomic E-state index is 13.3. The van der Waals surface area contributed by atoms with Crippen LogP contribution in [0.25, 0.3) is 0 Å². The van der Waals surface area contributed by atoms with E-state index >= 15 is 0 Å². The smallest absolute Gasteiger partial charge is 0.324 e. The number of imide groups is 1. The predicted octanol–water partition coefficient (Wildman–Crippen LogP) is 1.36. The molecule has 0 radical (unpaired) electrons. The van der Waals surface area contributed by atoms with Crippen molar-refractivity contribution in [1.29, 1.82) is 5.26 Å². The molecule has 1 aromatic rings. The summed E-state index contributed by atoms with van der Waals surface area (Å²) in [5.74, 6) is 0.448. The minimum Gasteiger partial charge on any atom is -0.389 e. The monoisotopic (exact) mass is 444 g/mol. The van der Waals surface area contributed by atoms with E-state index in [1.54, 1.807) is 0 Å². The molecule has 0 spiro atoms. The summed E-state index contributed by atoms with van der Waals surface area (Å²) in [7, 11) is 4.12. The molecule has 31 heavy (non-hydrogen) atoms. The van der Waals surface area contributed by atoms with Crippen molar-refractivity contribution < 1.29 is 9.59 Å². The summed E-state index contributed by atoms with van der Waals surface area (Å²) in [6.07, 6.45) is 2.39. The average molecular weight is 445 g/mol. The van der Waals surface area contributed by atoms with Crippen LogP contribution in [0.3, 0.4) is 0 Å². The van der Waals surface area contributed by atoms with Crippen molar-refractivity contribution in [3.8, 4) is 6.07 Å². The number of nitrogens with one attached hydrogen (secondary N) is 1. The average Bonchev–Trinajstić information content (AvgIpc) is 3.03. The molecule has 0 saturated carbocycles. The Labute approximate surface area is 188 Å². The number of carbonyl (C=O) groups is 2. The van der Waals surface area contributed by atoms with Gasteiger partial charge in [0.25, 0.3) is 0 Å². The summed E-state index contributed by atoms with van der Waals surface area (Å²) in [5, 5.41) is 13.1. The van der Waals surface area contributed by atoms with Crippen LogP contribution in [0, 0.1) is 29.1 Å². The number of nitrogen functional groups attached to an aromatic ring is 1. The molecule has 0 bridgehead atoms. The number of rotatable bonds is 4. The second kappa shape index (κ2) is 8.77. The number of carbonyl (C=O) groups excluding carboxylic acids is 2. The number of nitriles is 1. The van der Waals surface area contributed by atoms with Crippen LogP contribution in [0.4, 0.5) is 9.80 Å². The Morgan fingerprint density at radius 3 is 2.68 bits per heavy atom. The molecule has 2 aliphatic heterocycles. The zero-order chi connectivity index (χ0) is 22.3. The lowest BCUT2D eigenvalue weighted by atomic mass is 9.74. The molecule has 8 nitrogen and oxygen atoms in total. The van der Waals surface area contributed by atoms with Gasteiger partial charge in [-0.25, -0.2) is 4.79 Å². The third-order valence-corrected chi connectivity index (χ3v) is 8.24. The highest BCUT2D eigenvalue weighted by atomic mass is 32.1. The van der Waals surface area contributed by atoms with Crippen molar-refractivity contribution in [3.63, 3.8) is 0 Å². The first-order chi connectivity index (χ1) is 14.8. The number of amides is 3.